The summed E-state index contributed by atoms with van der Waals surface area (Å²) in [5, 5.41) is 10.5. The largest absolute Gasteiger partial charge is 0.619 e. The van der Waals surface area contributed by atoms with Crippen molar-refractivity contribution >= 4 is 56.9 Å². The SMILES string of the molecule is COc1ccc(S(=O)(=O)N2CCS[C@H]2C(=O)O[C@@H](Cc2c(Cl)c[n+]([O-])cc2Cl)c2ccc(OC(F)F)c(OCC3CC3)c2)cc1C(=O)N(C)C. The molecule has 2 atom stereocenters. The van der Waals surface area contributed by atoms with Crippen LogP contribution in [-0.2, 0) is 26.0 Å². The van der Waals surface area contributed by atoms with Gasteiger partial charge in [0, 0.05) is 38.4 Å². The lowest BCUT2D eigenvalue weighted by molar-refractivity contribution is -0.605. The van der Waals surface area contributed by atoms with Gasteiger partial charge in [0.05, 0.1) is 24.2 Å². The van der Waals surface area contributed by atoms with Crippen molar-refractivity contribution in [3.05, 3.63) is 80.7 Å². The van der Waals surface area contributed by atoms with Gasteiger partial charge in [-0.2, -0.15) is 17.8 Å². The molecule has 0 radical (unpaired) electrons. The van der Waals surface area contributed by atoms with E-state index >= 15 is 0 Å². The highest BCUT2D eigenvalue weighted by Crippen LogP contribution is 2.39. The highest BCUT2D eigenvalue weighted by Gasteiger charge is 2.43. The topological polar surface area (TPSA) is 139 Å². The Bertz CT molecular complexity index is 1840. The summed E-state index contributed by atoms with van der Waals surface area (Å²) in [4.78, 5) is 27.8. The number of thioether (sulfide) groups is 1. The van der Waals surface area contributed by atoms with Crippen molar-refractivity contribution < 1.29 is 50.5 Å². The molecule has 18 heteroatoms. The normalized spacial score (nSPS) is 17.0. The van der Waals surface area contributed by atoms with E-state index in [1.54, 1.807) is 0 Å². The van der Waals surface area contributed by atoms with Crippen LogP contribution in [0.4, 0.5) is 8.78 Å². The second kappa shape index (κ2) is 15.8. The summed E-state index contributed by atoms with van der Waals surface area (Å²) in [5.74, 6) is -0.976. The van der Waals surface area contributed by atoms with Gasteiger partial charge in [-0.05, 0) is 54.7 Å². The Labute approximate surface area is 301 Å². The lowest BCUT2D eigenvalue weighted by Gasteiger charge is -2.26. The molecule has 0 bridgehead atoms. The number of hydrogen-bond acceptors (Lipinski definition) is 10. The van der Waals surface area contributed by atoms with E-state index < -0.39 is 40.0 Å². The minimum absolute atomic E-state index is 0.0135. The Morgan fingerprint density at radius 1 is 1.08 bits per heavy atom. The molecule has 12 nitrogen and oxygen atoms in total. The predicted molar refractivity (Wildman–Crippen MR) is 180 cm³/mol. The summed E-state index contributed by atoms with van der Waals surface area (Å²) in [6.45, 7) is -2.92. The van der Waals surface area contributed by atoms with E-state index in [0.29, 0.717) is 4.73 Å². The lowest BCUT2D eigenvalue weighted by atomic mass is 10.0. The molecule has 1 aliphatic carbocycles. The van der Waals surface area contributed by atoms with Crippen LogP contribution in [-0.4, -0.2) is 81.6 Å². The first-order valence-electron chi connectivity index (χ1n) is 15.2. The van der Waals surface area contributed by atoms with Gasteiger partial charge in [-0.3, -0.25) is 4.79 Å². The van der Waals surface area contributed by atoms with Gasteiger partial charge >= 0.3 is 12.6 Å². The number of carbonyl (C=O) groups is 2. The third-order valence-corrected chi connectivity index (χ3v) is 11.7. The van der Waals surface area contributed by atoms with Crippen LogP contribution in [0.3, 0.4) is 0 Å². The number of methoxy groups -OCH3 is 1. The molecule has 5 rings (SSSR count). The maximum Gasteiger partial charge on any atom is 0.387 e. The lowest BCUT2D eigenvalue weighted by Crippen LogP contribution is -2.40. The first-order chi connectivity index (χ1) is 23.7. The number of sulfonamides is 1. The fourth-order valence-electron chi connectivity index (χ4n) is 5.14. The fourth-order valence-corrected chi connectivity index (χ4v) is 8.81. The van der Waals surface area contributed by atoms with E-state index in [1.807, 2.05) is 0 Å². The number of esters is 1. The first-order valence-corrected chi connectivity index (χ1v) is 18.5. The summed E-state index contributed by atoms with van der Waals surface area (Å²) >= 11 is 13.8. The van der Waals surface area contributed by atoms with Crippen LogP contribution in [0.5, 0.6) is 17.2 Å². The van der Waals surface area contributed by atoms with E-state index in [9.17, 15) is 32.0 Å². The number of nitrogens with zero attached hydrogens (tertiary/aromatic N) is 3. The van der Waals surface area contributed by atoms with Crippen molar-refractivity contribution in [1.29, 1.82) is 0 Å². The van der Waals surface area contributed by atoms with Crippen LogP contribution in [0.1, 0.15) is 40.4 Å². The Hall–Kier alpha value is -3.57. The molecule has 0 spiro atoms. The van der Waals surface area contributed by atoms with Crippen molar-refractivity contribution in [3.63, 3.8) is 0 Å². The highest BCUT2D eigenvalue weighted by atomic mass is 35.5. The molecule has 1 amide bonds. The smallest absolute Gasteiger partial charge is 0.387 e. The maximum atomic E-state index is 13.9. The second-order valence-corrected chi connectivity index (χ2v) is 15.6. The van der Waals surface area contributed by atoms with E-state index in [2.05, 4.69) is 4.74 Å². The van der Waals surface area contributed by atoms with Crippen LogP contribution in [0.25, 0.3) is 0 Å². The van der Waals surface area contributed by atoms with Crippen molar-refractivity contribution in [2.75, 3.05) is 40.1 Å². The number of hydrogen-bond donors (Lipinski definition) is 0. The minimum atomic E-state index is -4.35. The fraction of sp³-hybridized carbons (Fsp3) is 0.406. The number of benzene rings is 2. The van der Waals surface area contributed by atoms with Crippen LogP contribution >= 0.6 is 35.0 Å². The van der Waals surface area contributed by atoms with Crippen LogP contribution in [0.15, 0.2) is 53.7 Å². The second-order valence-electron chi connectivity index (χ2n) is 11.7. The number of rotatable bonds is 14. The maximum absolute atomic E-state index is 13.9. The van der Waals surface area contributed by atoms with Crippen LogP contribution in [0.2, 0.25) is 10.0 Å². The Balaban J connectivity index is 1.48. The number of ether oxygens (including phenoxy) is 4. The summed E-state index contributed by atoms with van der Waals surface area (Å²) in [6, 6.07) is 7.88. The number of halogens is 4. The zero-order valence-corrected chi connectivity index (χ0v) is 30.2. The Morgan fingerprint density at radius 2 is 1.76 bits per heavy atom. The van der Waals surface area contributed by atoms with Gasteiger partial charge in [-0.15, -0.1) is 11.8 Å². The van der Waals surface area contributed by atoms with Gasteiger partial charge in [0.25, 0.3) is 5.91 Å². The number of pyridine rings is 1. The number of amides is 1. The summed E-state index contributed by atoms with van der Waals surface area (Å²) in [7, 11) is 0.0245. The molecule has 0 unspecified atom stereocenters. The van der Waals surface area contributed by atoms with E-state index in [4.69, 9.17) is 37.4 Å². The summed E-state index contributed by atoms with van der Waals surface area (Å²) < 4.78 is 77.5. The Kier molecular flexibility index (Phi) is 11.9. The van der Waals surface area contributed by atoms with E-state index in [-0.39, 0.29) is 80.1 Å². The van der Waals surface area contributed by atoms with Gasteiger partial charge in [-0.1, -0.05) is 29.3 Å². The molecule has 1 saturated heterocycles. The number of aromatic nitrogens is 1. The van der Waals surface area contributed by atoms with Gasteiger partial charge in [0.1, 0.15) is 21.9 Å². The average molecular weight is 777 g/mol. The summed E-state index contributed by atoms with van der Waals surface area (Å²) in [6.07, 6.45) is 2.60. The summed E-state index contributed by atoms with van der Waals surface area (Å²) in [5.41, 5.74) is 0.530. The third-order valence-electron chi connectivity index (χ3n) is 7.90. The molecular weight excluding hydrogens is 743 g/mol. The van der Waals surface area contributed by atoms with E-state index in [1.165, 1.54) is 62.5 Å². The molecule has 50 heavy (non-hydrogen) atoms. The molecule has 2 aromatic carbocycles. The standard InChI is InChI=1S/C32H33Cl2F2N3O9S2/c1-37(2)29(40)22-13-20(7-9-25(22)45-3)50(43,44)39-10-11-49-30(39)31(41)47-27(14-21-23(33)15-38(42)16-24(21)34)19-6-8-26(48-32(35)36)28(12-19)46-17-18-4-5-18/h6-9,12-13,15-16,18,27,30,32H,4-5,10-11,14,17H2,1-3H3/t27-,30-/m0/s1. The predicted octanol–water partition coefficient (Wildman–Crippen LogP) is 5.32. The molecular formula is C32H33Cl2F2N3O9S2. The van der Waals surface area contributed by atoms with Crippen molar-refractivity contribution in [1.82, 2.24) is 9.21 Å². The molecule has 1 saturated carbocycles. The molecule has 1 aromatic heterocycles. The highest BCUT2D eigenvalue weighted by molar-refractivity contribution is 8.02. The molecule has 2 aliphatic rings. The van der Waals surface area contributed by atoms with E-state index in [0.717, 1.165) is 41.3 Å². The van der Waals surface area contributed by atoms with Crippen molar-refractivity contribution in [2.45, 2.75) is 42.2 Å². The minimum Gasteiger partial charge on any atom is -0.619 e. The van der Waals surface area contributed by atoms with Crippen molar-refractivity contribution in [2.24, 2.45) is 5.92 Å². The zero-order valence-electron chi connectivity index (χ0n) is 27.0. The molecule has 3 aromatic rings. The monoisotopic (exact) mass is 775 g/mol. The third kappa shape index (κ3) is 8.65. The Morgan fingerprint density at radius 3 is 2.38 bits per heavy atom. The van der Waals surface area contributed by atoms with Gasteiger partial charge in [0.15, 0.2) is 29.3 Å². The van der Waals surface area contributed by atoms with Gasteiger partial charge in [0.2, 0.25) is 10.0 Å². The molecule has 2 fully saturated rings. The molecule has 0 N–H and O–H groups in total. The van der Waals surface area contributed by atoms with Crippen LogP contribution < -0.4 is 18.9 Å². The molecule has 270 valence electrons. The quantitative estimate of drug-likeness (QED) is 0.120. The number of alkyl halides is 2. The number of carbonyl (C=O) groups excluding carboxylic acids is 2. The van der Waals surface area contributed by atoms with Crippen LogP contribution in [0, 0.1) is 11.1 Å². The van der Waals surface area contributed by atoms with Gasteiger partial charge in [-0.25, -0.2) is 13.2 Å². The van der Waals surface area contributed by atoms with Gasteiger partial charge < -0.3 is 29.1 Å². The molecule has 2 heterocycles. The zero-order chi connectivity index (χ0) is 36.3. The average Bonchev–Trinajstić information content (AvgIpc) is 3.75. The first kappa shape index (κ1) is 37.7. The molecule has 1 aliphatic heterocycles. The van der Waals surface area contributed by atoms with Crippen molar-refractivity contribution in [3.8, 4) is 17.2 Å².